The molecule has 2 rings (SSSR count). The Morgan fingerprint density at radius 1 is 1.10 bits per heavy atom. The van der Waals surface area contributed by atoms with E-state index in [0.29, 0.717) is 17.7 Å². The van der Waals surface area contributed by atoms with Crippen molar-refractivity contribution in [3.63, 3.8) is 0 Å². The van der Waals surface area contributed by atoms with E-state index in [-0.39, 0.29) is 10.7 Å². The van der Waals surface area contributed by atoms with Crippen molar-refractivity contribution in [3.8, 4) is 0 Å². The Balaban J connectivity index is 2.36. The lowest BCUT2D eigenvalue weighted by Gasteiger charge is -2.11. The molecule has 2 aromatic carbocycles. The Morgan fingerprint density at radius 3 is 2.48 bits per heavy atom. The number of ketones is 1. The molecular formula is C16H17NO3S. The first-order valence-electron chi connectivity index (χ1n) is 6.66. The number of Topliss-reactive ketones (excluding diaryl/α,β-unsaturated/α-hetero) is 1. The number of aryl methyl sites for hydroxylation is 1. The van der Waals surface area contributed by atoms with E-state index in [1.54, 1.807) is 31.2 Å². The van der Waals surface area contributed by atoms with Crippen LogP contribution in [0.4, 0.5) is 5.69 Å². The highest BCUT2D eigenvalue weighted by Crippen LogP contribution is 2.20. The van der Waals surface area contributed by atoms with Crippen LogP contribution in [0.2, 0.25) is 0 Å². The van der Waals surface area contributed by atoms with Gasteiger partial charge in [0.25, 0.3) is 10.0 Å². The predicted molar refractivity (Wildman–Crippen MR) is 83.1 cm³/mol. The van der Waals surface area contributed by atoms with Gasteiger partial charge in [0.1, 0.15) is 0 Å². The Kier molecular flexibility index (Phi) is 4.43. The van der Waals surface area contributed by atoms with Gasteiger partial charge in [-0.05, 0) is 30.7 Å². The molecule has 0 bridgehead atoms. The van der Waals surface area contributed by atoms with E-state index in [4.69, 9.17) is 0 Å². The molecule has 0 saturated heterocycles. The van der Waals surface area contributed by atoms with Gasteiger partial charge < -0.3 is 0 Å². The fraction of sp³-hybridized carbons (Fsp3) is 0.188. The number of sulfonamides is 1. The molecule has 0 aliphatic heterocycles. The largest absolute Gasteiger partial charge is 0.294 e. The zero-order valence-corrected chi connectivity index (χ0v) is 12.8. The van der Waals surface area contributed by atoms with Crippen LogP contribution in [-0.2, 0) is 10.0 Å². The summed E-state index contributed by atoms with van der Waals surface area (Å²) in [6.45, 7) is 3.57. The summed E-state index contributed by atoms with van der Waals surface area (Å²) in [5.74, 6) is -0.0806. The Morgan fingerprint density at radius 2 is 1.81 bits per heavy atom. The highest BCUT2D eigenvalue weighted by atomic mass is 32.2. The van der Waals surface area contributed by atoms with Gasteiger partial charge in [-0.2, -0.15) is 0 Å². The van der Waals surface area contributed by atoms with E-state index >= 15 is 0 Å². The Bertz CT molecular complexity index is 767. The SMILES string of the molecule is CCC(=O)c1cccc(S(=O)(=O)Nc2ccccc2C)c1. The predicted octanol–water partition coefficient (Wildman–Crippen LogP) is 3.39. The van der Waals surface area contributed by atoms with Crippen molar-refractivity contribution >= 4 is 21.5 Å². The molecule has 4 nitrogen and oxygen atoms in total. The molecule has 0 amide bonds. The Labute approximate surface area is 124 Å². The maximum Gasteiger partial charge on any atom is 0.261 e. The van der Waals surface area contributed by atoms with Gasteiger partial charge in [0.05, 0.1) is 10.6 Å². The average Bonchev–Trinajstić information content (AvgIpc) is 2.49. The van der Waals surface area contributed by atoms with E-state index in [1.165, 1.54) is 12.1 Å². The molecule has 0 aliphatic rings. The molecule has 0 radical (unpaired) electrons. The molecule has 0 saturated carbocycles. The molecule has 0 aromatic heterocycles. The minimum absolute atomic E-state index is 0.0806. The van der Waals surface area contributed by atoms with Crippen molar-refractivity contribution in [3.05, 3.63) is 59.7 Å². The average molecular weight is 303 g/mol. The van der Waals surface area contributed by atoms with Gasteiger partial charge >= 0.3 is 0 Å². The molecule has 0 heterocycles. The van der Waals surface area contributed by atoms with Crippen molar-refractivity contribution in [1.82, 2.24) is 0 Å². The van der Waals surface area contributed by atoms with Crippen molar-refractivity contribution in [2.75, 3.05) is 4.72 Å². The second-order valence-corrected chi connectivity index (χ2v) is 6.41. The van der Waals surface area contributed by atoms with Crippen LogP contribution < -0.4 is 4.72 Å². The van der Waals surface area contributed by atoms with E-state index in [2.05, 4.69) is 4.72 Å². The molecule has 21 heavy (non-hydrogen) atoms. The minimum Gasteiger partial charge on any atom is -0.294 e. The number of carbonyl (C=O) groups is 1. The summed E-state index contributed by atoms with van der Waals surface area (Å²) in [6, 6.07) is 13.2. The number of hydrogen-bond acceptors (Lipinski definition) is 3. The molecule has 0 fully saturated rings. The summed E-state index contributed by atoms with van der Waals surface area (Å²) in [7, 11) is -3.70. The summed E-state index contributed by atoms with van der Waals surface area (Å²) in [5, 5.41) is 0. The maximum absolute atomic E-state index is 12.4. The van der Waals surface area contributed by atoms with Gasteiger partial charge in [-0.15, -0.1) is 0 Å². The van der Waals surface area contributed by atoms with Crippen LogP contribution in [0.3, 0.4) is 0 Å². The first kappa shape index (κ1) is 15.3. The topological polar surface area (TPSA) is 63.2 Å². The van der Waals surface area contributed by atoms with Crippen LogP contribution in [-0.4, -0.2) is 14.2 Å². The third kappa shape index (κ3) is 3.49. The van der Waals surface area contributed by atoms with E-state index in [1.807, 2.05) is 19.1 Å². The number of nitrogens with one attached hydrogen (secondary N) is 1. The van der Waals surface area contributed by atoms with Crippen LogP contribution in [0.25, 0.3) is 0 Å². The maximum atomic E-state index is 12.4. The van der Waals surface area contributed by atoms with Gasteiger partial charge in [0.15, 0.2) is 5.78 Å². The highest BCUT2D eigenvalue weighted by molar-refractivity contribution is 7.92. The summed E-state index contributed by atoms with van der Waals surface area (Å²) >= 11 is 0. The summed E-state index contributed by atoms with van der Waals surface area (Å²) < 4.78 is 27.3. The third-order valence-electron chi connectivity index (χ3n) is 3.18. The summed E-state index contributed by atoms with van der Waals surface area (Å²) in [4.78, 5) is 11.8. The smallest absolute Gasteiger partial charge is 0.261 e. The minimum atomic E-state index is -3.70. The highest BCUT2D eigenvalue weighted by Gasteiger charge is 2.16. The molecule has 0 unspecified atom stereocenters. The van der Waals surface area contributed by atoms with Crippen molar-refractivity contribution in [2.45, 2.75) is 25.2 Å². The van der Waals surface area contributed by atoms with Crippen LogP contribution in [0.1, 0.15) is 29.3 Å². The molecule has 1 N–H and O–H groups in total. The lowest BCUT2D eigenvalue weighted by molar-refractivity contribution is 0.0988. The van der Waals surface area contributed by atoms with Gasteiger partial charge in [0, 0.05) is 12.0 Å². The van der Waals surface area contributed by atoms with Crippen molar-refractivity contribution in [1.29, 1.82) is 0 Å². The van der Waals surface area contributed by atoms with Crippen LogP contribution in [0.15, 0.2) is 53.4 Å². The van der Waals surface area contributed by atoms with Gasteiger partial charge in [-0.3, -0.25) is 9.52 Å². The number of anilines is 1. The number of benzene rings is 2. The molecule has 0 aliphatic carbocycles. The standard InChI is InChI=1S/C16H17NO3S/c1-3-16(18)13-8-6-9-14(11-13)21(19,20)17-15-10-5-4-7-12(15)2/h4-11,17H,3H2,1-2H3. The van der Waals surface area contributed by atoms with Crippen LogP contribution in [0, 0.1) is 6.92 Å². The molecule has 110 valence electrons. The lowest BCUT2D eigenvalue weighted by atomic mass is 10.1. The third-order valence-corrected chi connectivity index (χ3v) is 4.54. The first-order chi connectivity index (χ1) is 9.94. The first-order valence-corrected chi connectivity index (χ1v) is 8.14. The van der Waals surface area contributed by atoms with Crippen molar-refractivity contribution < 1.29 is 13.2 Å². The van der Waals surface area contributed by atoms with Crippen molar-refractivity contribution in [2.24, 2.45) is 0 Å². The number of rotatable bonds is 5. The van der Waals surface area contributed by atoms with Gasteiger partial charge in [-0.25, -0.2) is 8.42 Å². The number of para-hydroxylation sites is 1. The zero-order valence-electron chi connectivity index (χ0n) is 12.0. The zero-order chi connectivity index (χ0) is 15.5. The molecule has 0 atom stereocenters. The Hall–Kier alpha value is -2.14. The molecular weight excluding hydrogens is 286 g/mol. The second kappa shape index (κ2) is 6.10. The number of carbonyl (C=O) groups excluding carboxylic acids is 1. The lowest BCUT2D eigenvalue weighted by Crippen LogP contribution is -2.14. The number of hydrogen-bond donors (Lipinski definition) is 1. The quantitative estimate of drug-likeness (QED) is 0.861. The second-order valence-electron chi connectivity index (χ2n) is 4.72. The monoisotopic (exact) mass is 303 g/mol. The van der Waals surface area contributed by atoms with Crippen LogP contribution in [0.5, 0.6) is 0 Å². The van der Waals surface area contributed by atoms with E-state index < -0.39 is 10.0 Å². The fourth-order valence-corrected chi connectivity index (χ4v) is 3.11. The normalized spacial score (nSPS) is 11.1. The molecule has 2 aromatic rings. The molecule has 5 heteroatoms. The van der Waals surface area contributed by atoms with Gasteiger partial charge in [-0.1, -0.05) is 37.3 Å². The van der Waals surface area contributed by atoms with Crippen LogP contribution >= 0.6 is 0 Å². The molecule has 0 spiro atoms. The summed E-state index contributed by atoms with van der Waals surface area (Å²) in [5.41, 5.74) is 1.77. The van der Waals surface area contributed by atoms with E-state index in [0.717, 1.165) is 5.56 Å². The van der Waals surface area contributed by atoms with Gasteiger partial charge in [0.2, 0.25) is 0 Å². The summed E-state index contributed by atoms with van der Waals surface area (Å²) in [6.07, 6.45) is 0.342. The fourth-order valence-electron chi connectivity index (χ4n) is 1.93. The van der Waals surface area contributed by atoms with E-state index in [9.17, 15) is 13.2 Å².